The van der Waals surface area contributed by atoms with Gasteiger partial charge in [0.1, 0.15) is 0 Å². The number of hydrogen-bond acceptors (Lipinski definition) is 5. The minimum absolute atomic E-state index is 0.112. The maximum atomic E-state index is 12.8. The van der Waals surface area contributed by atoms with E-state index in [4.69, 9.17) is 16.3 Å². The van der Waals surface area contributed by atoms with Crippen molar-refractivity contribution in [1.82, 2.24) is 5.01 Å². The number of phenolic OH excluding ortho intramolecular Hbond substituents is 1. The highest BCUT2D eigenvalue weighted by Gasteiger charge is 2.67. The molecule has 1 aromatic rings. The van der Waals surface area contributed by atoms with Gasteiger partial charge in [0.2, 0.25) is 0 Å². The highest BCUT2D eigenvalue weighted by atomic mass is 35.5. The number of halogens is 1. The number of aromatic hydroxyl groups is 1. The second kappa shape index (κ2) is 5.33. The van der Waals surface area contributed by atoms with Crippen LogP contribution in [0.1, 0.15) is 12.0 Å². The first-order valence-electron chi connectivity index (χ1n) is 8.68. The predicted molar refractivity (Wildman–Crippen MR) is 93.8 cm³/mol. The van der Waals surface area contributed by atoms with Gasteiger partial charge < -0.3 is 9.84 Å². The first-order valence-corrected chi connectivity index (χ1v) is 9.05. The summed E-state index contributed by atoms with van der Waals surface area (Å²) in [7, 11) is 1.42. The van der Waals surface area contributed by atoms with E-state index in [2.05, 4.69) is 17.3 Å². The van der Waals surface area contributed by atoms with Crippen LogP contribution >= 0.6 is 11.6 Å². The maximum Gasteiger partial charge on any atom is 0.254 e. The summed E-state index contributed by atoms with van der Waals surface area (Å²) >= 11 is 5.97. The van der Waals surface area contributed by atoms with Crippen LogP contribution in [0.5, 0.6) is 11.5 Å². The summed E-state index contributed by atoms with van der Waals surface area (Å²) in [5.74, 6) is 0.564. The molecule has 1 heterocycles. The molecule has 7 heteroatoms. The number of carbonyl (C=O) groups excluding carboxylic acids is 2. The summed E-state index contributed by atoms with van der Waals surface area (Å²) in [6, 6.07) is 3.05. The monoisotopic (exact) mass is 372 g/mol. The minimum Gasteiger partial charge on any atom is -0.503 e. The number of carbonyl (C=O) groups is 2. The van der Waals surface area contributed by atoms with Crippen LogP contribution in [0.2, 0.25) is 5.02 Å². The summed E-state index contributed by atoms with van der Waals surface area (Å²) in [6.45, 7) is 0. The zero-order valence-electron chi connectivity index (χ0n) is 14.0. The molecule has 0 radical (unpaired) electrons. The lowest BCUT2D eigenvalue weighted by Gasteiger charge is -2.37. The summed E-state index contributed by atoms with van der Waals surface area (Å²) in [5.41, 5.74) is 0.532. The van der Waals surface area contributed by atoms with Crippen LogP contribution in [0.3, 0.4) is 0 Å². The van der Waals surface area contributed by atoms with Gasteiger partial charge in [0.25, 0.3) is 11.8 Å². The van der Waals surface area contributed by atoms with Gasteiger partial charge in [0.05, 0.1) is 30.2 Å². The molecule has 0 aromatic heterocycles. The van der Waals surface area contributed by atoms with Gasteiger partial charge in [-0.05, 0) is 47.8 Å². The van der Waals surface area contributed by atoms with Gasteiger partial charge in [0, 0.05) is 0 Å². The molecule has 3 fully saturated rings. The Kier molecular flexibility index (Phi) is 3.26. The fourth-order valence-electron chi connectivity index (χ4n) is 5.00. The number of amides is 2. The first kappa shape index (κ1) is 15.9. The molecule has 6 atom stereocenters. The van der Waals surface area contributed by atoms with Gasteiger partial charge in [0.15, 0.2) is 11.5 Å². The van der Waals surface area contributed by atoms with Crippen molar-refractivity contribution >= 4 is 29.6 Å². The lowest BCUT2D eigenvalue weighted by Crippen LogP contribution is -2.40. The van der Waals surface area contributed by atoms with Crippen molar-refractivity contribution < 1.29 is 19.4 Å². The normalized spacial score (nSPS) is 36.6. The lowest BCUT2D eigenvalue weighted by molar-refractivity contribution is -0.140. The molecular weight excluding hydrogens is 356 g/mol. The third kappa shape index (κ3) is 2.02. The molecule has 2 saturated carbocycles. The molecule has 2 bridgehead atoms. The van der Waals surface area contributed by atoms with Crippen molar-refractivity contribution in [2.75, 3.05) is 7.11 Å². The Morgan fingerprint density at radius 2 is 1.81 bits per heavy atom. The van der Waals surface area contributed by atoms with Crippen molar-refractivity contribution in [1.29, 1.82) is 0 Å². The van der Waals surface area contributed by atoms with Gasteiger partial charge >= 0.3 is 0 Å². The van der Waals surface area contributed by atoms with Gasteiger partial charge in [-0.1, -0.05) is 23.8 Å². The third-order valence-corrected chi connectivity index (χ3v) is 6.52. The van der Waals surface area contributed by atoms with Crippen molar-refractivity contribution in [3.8, 4) is 11.5 Å². The summed E-state index contributed by atoms with van der Waals surface area (Å²) in [5, 5.41) is 15.1. The second-order valence-electron chi connectivity index (χ2n) is 7.44. The minimum atomic E-state index is -0.267. The number of nitrogens with zero attached hydrogens (tertiary/aromatic N) is 2. The van der Waals surface area contributed by atoms with Crippen LogP contribution in [0.15, 0.2) is 29.4 Å². The van der Waals surface area contributed by atoms with E-state index in [1.165, 1.54) is 19.4 Å². The lowest BCUT2D eigenvalue weighted by atomic mass is 9.63. The number of benzene rings is 1. The van der Waals surface area contributed by atoms with E-state index < -0.39 is 0 Å². The standard InChI is InChI=1S/C19H17ClN2O4/c1-26-14-5-8(4-13(20)17(14)23)7-21-22-18(24)15-9-2-3-10(12-6-11(9)12)16(15)19(22)25/h2-5,7,9-12,15-16,23H,6H2,1H3/b21-7+/t9-,10-,11-,12-,15-,16+/m1/s1. The van der Waals surface area contributed by atoms with Crippen molar-refractivity contribution in [3.63, 3.8) is 0 Å². The smallest absolute Gasteiger partial charge is 0.254 e. The zero-order chi connectivity index (χ0) is 18.2. The molecule has 1 aliphatic heterocycles. The maximum absolute atomic E-state index is 12.8. The molecular formula is C19H17ClN2O4. The highest BCUT2D eigenvalue weighted by molar-refractivity contribution is 6.32. The largest absolute Gasteiger partial charge is 0.503 e. The fourth-order valence-corrected chi connectivity index (χ4v) is 5.22. The van der Waals surface area contributed by atoms with Gasteiger partial charge in [-0.2, -0.15) is 10.1 Å². The molecule has 1 N–H and O–H groups in total. The predicted octanol–water partition coefficient (Wildman–Crippen LogP) is 2.44. The molecule has 0 unspecified atom stereocenters. The summed E-state index contributed by atoms with van der Waals surface area (Å²) in [6.07, 6.45) is 6.79. The Labute approximate surface area is 155 Å². The molecule has 5 aliphatic rings. The third-order valence-electron chi connectivity index (χ3n) is 6.23. The molecule has 6 rings (SSSR count). The van der Waals surface area contributed by atoms with Crippen LogP contribution in [-0.4, -0.2) is 35.3 Å². The highest BCUT2D eigenvalue weighted by Crippen LogP contribution is 2.65. The second-order valence-corrected chi connectivity index (χ2v) is 7.85. The van der Waals surface area contributed by atoms with Gasteiger partial charge in [-0.25, -0.2) is 0 Å². The van der Waals surface area contributed by atoms with Gasteiger partial charge in [-0.15, -0.1) is 0 Å². The Bertz CT molecular complexity index is 860. The van der Waals surface area contributed by atoms with Crippen molar-refractivity contribution in [2.24, 2.45) is 40.6 Å². The molecule has 26 heavy (non-hydrogen) atoms. The SMILES string of the molecule is COc1cc(/C=N/N2C(=O)[C@@H]3[C@@H]4C=C[C@H]([C@H]5C[C@H]45)[C@@H]3C2=O)cc(Cl)c1O. The quantitative estimate of drug-likeness (QED) is 0.502. The Morgan fingerprint density at radius 3 is 2.38 bits per heavy atom. The topological polar surface area (TPSA) is 79.2 Å². The van der Waals surface area contributed by atoms with Crippen molar-refractivity contribution in [2.45, 2.75) is 6.42 Å². The summed E-state index contributed by atoms with van der Waals surface area (Å²) < 4.78 is 5.06. The number of phenols is 1. The number of ether oxygens (including phenoxy) is 1. The van der Waals surface area contributed by atoms with E-state index in [1.807, 2.05) is 0 Å². The van der Waals surface area contributed by atoms with Crippen molar-refractivity contribution in [3.05, 3.63) is 34.9 Å². The Balaban J connectivity index is 1.44. The Morgan fingerprint density at radius 1 is 1.19 bits per heavy atom. The molecule has 134 valence electrons. The van der Waals surface area contributed by atoms with Gasteiger partial charge in [-0.3, -0.25) is 9.59 Å². The summed E-state index contributed by atoms with van der Waals surface area (Å²) in [4.78, 5) is 25.7. The van der Waals surface area contributed by atoms with E-state index in [0.29, 0.717) is 17.4 Å². The number of rotatable bonds is 3. The number of imide groups is 1. The fraction of sp³-hybridized carbons (Fsp3) is 0.421. The molecule has 1 aromatic carbocycles. The molecule has 2 amide bonds. The molecule has 6 nitrogen and oxygen atoms in total. The van der Waals surface area contributed by atoms with E-state index in [1.54, 1.807) is 6.07 Å². The van der Waals surface area contributed by atoms with Crippen LogP contribution in [0.25, 0.3) is 0 Å². The first-order chi connectivity index (χ1) is 12.5. The number of hydrogen-bond donors (Lipinski definition) is 1. The number of allylic oxidation sites excluding steroid dienone is 2. The van der Waals surface area contributed by atoms with Crippen LogP contribution in [0, 0.1) is 35.5 Å². The molecule has 0 spiro atoms. The van der Waals surface area contributed by atoms with Crippen LogP contribution in [0.4, 0.5) is 0 Å². The van der Waals surface area contributed by atoms with E-state index in [0.717, 1.165) is 11.4 Å². The van der Waals surface area contributed by atoms with Crippen LogP contribution in [-0.2, 0) is 9.59 Å². The number of methoxy groups -OCH3 is 1. The average molecular weight is 373 g/mol. The Hall–Kier alpha value is -2.34. The zero-order valence-corrected chi connectivity index (χ0v) is 14.8. The molecule has 4 aliphatic carbocycles. The average Bonchev–Trinajstić information content (AvgIpc) is 3.41. The van der Waals surface area contributed by atoms with E-state index in [9.17, 15) is 14.7 Å². The van der Waals surface area contributed by atoms with E-state index in [-0.39, 0.29) is 52.0 Å². The number of hydrazone groups is 1. The van der Waals surface area contributed by atoms with Crippen LogP contribution < -0.4 is 4.74 Å². The van der Waals surface area contributed by atoms with E-state index >= 15 is 0 Å². The molecule has 1 saturated heterocycles.